The van der Waals surface area contributed by atoms with E-state index in [1.807, 2.05) is 37.3 Å². The van der Waals surface area contributed by atoms with Gasteiger partial charge in [0.1, 0.15) is 0 Å². The monoisotopic (exact) mass is 289 g/mol. The minimum Gasteiger partial charge on any atom is -0.326 e. The lowest BCUT2D eigenvalue weighted by Gasteiger charge is -2.10. The Kier molecular flexibility index (Phi) is 3.31. The Balaban J connectivity index is 0. The van der Waals surface area contributed by atoms with Crippen molar-refractivity contribution in [3.05, 3.63) is 53.6 Å². The molecule has 114 valence electrons. The van der Waals surface area contributed by atoms with Crippen LogP contribution in [0.1, 0.15) is 16.8 Å². The summed E-state index contributed by atoms with van der Waals surface area (Å²) < 4.78 is 0. The summed E-state index contributed by atoms with van der Waals surface area (Å²) in [5.41, 5.74) is 4.14. The molecule has 2 aromatic rings. The van der Waals surface area contributed by atoms with Crippen molar-refractivity contribution in [1.82, 2.24) is 0 Å². The highest BCUT2D eigenvalue weighted by Gasteiger charge is 2.17. The standard InChI is InChI=1S/C16H15N3O2.4H2/c1-10-4-2-3-5-13(10)19-16(21)17-12-6-7-14-11(8-12)9-15(20)18-14;;;;/h2-8H,9H2,1H3,(H,18,20)(H2,17,19,21);4*1H. The van der Waals surface area contributed by atoms with Crippen molar-refractivity contribution in [2.45, 2.75) is 13.3 Å². The number of hydrogen-bond acceptors (Lipinski definition) is 2. The van der Waals surface area contributed by atoms with Gasteiger partial charge in [0.2, 0.25) is 5.91 Å². The zero-order valence-electron chi connectivity index (χ0n) is 11.6. The summed E-state index contributed by atoms with van der Waals surface area (Å²) in [4.78, 5) is 23.3. The van der Waals surface area contributed by atoms with Crippen LogP contribution in [0.15, 0.2) is 42.5 Å². The third-order valence-corrected chi connectivity index (χ3v) is 3.38. The third kappa shape index (κ3) is 2.86. The first-order chi connectivity index (χ1) is 10.1. The molecule has 5 heteroatoms. The van der Waals surface area contributed by atoms with Gasteiger partial charge in [0, 0.05) is 22.8 Å². The van der Waals surface area contributed by atoms with Crippen molar-refractivity contribution in [2.24, 2.45) is 0 Å². The number of aryl methyl sites for hydroxylation is 1. The molecule has 5 nitrogen and oxygen atoms in total. The number of amides is 3. The number of carbonyl (C=O) groups is 2. The van der Waals surface area contributed by atoms with Crippen LogP contribution in [0.3, 0.4) is 0 Å². The van der Waals surface area contributed by atoms with Gasteiger partial charge in [0.05, 0.1) is 6.42 Å². The molecule has 0 unspecified atom stereocenters. The molecule has 21 heavy (non-hydrogen) atoms. The van der Waals surface area contributed by atoms with Crippen LogP contribution in [0, 0.1) is 6.92 Å². The van der Waals surface area contributed by atoms with Crippen molar-refractivity contribution in [2.75, 3.05) is 16.0 Å². The Labute approximate surface area is 128 Å². The Morgan fingerprint density at radius 3 is 2.81 bits per heavy atom. The van der Waals surface area contributed by atoms with Gasteiger partial charge in [-0.3, -0.25) is 4.79 Å². The van der Waals surface area contributed by atoms with Crippen LogP contribution in [0.2, 0.25) is 0 Å². The summed E-state index contributed by atoms with van der Waals surface area (Å²) in [5.74, 6) is -0.0217. The number of anilines is 3. The predicted molar refractivity (Wildman–Crippen MR) is 91.1 cm³/mol. The molecule has 3 rings (SSSR count). The first-order valence-electron chi connectivity index (χ1n) is 6.68. The van der Waals surface area contributed by atoms with Crippen LogP contribution in [-0.2, 0) is 11.2 Å². The van der Waals surface area contributed by atoms with Crippen molar-refractivity contribution in [3.63, 3.8) is 0 Å². The Morgan fingerprint density at radius 2 is 2.00 bits per heavy atom. The van der Waals surface area contributed by atoms with E-state index >= 15 is 0 Å². The number of hydrogen-bond donors (Lipinski definition) is 3. The lowest BCUT2D eigenvalue weighted by Crippen LogP contribution is -2.19. The highest BCUT2D eigenvalue weighted by molar-refractivity contribution is 6.02. The molecule has 1 heterocycles. The fourth-order valence-corrected chi connectivity index (χ4v) is 2.30. The summed E-state index contributed by atoms with van der Waals surface area (Å²) in [7, 11) is 0. The zero-order valence-corrected chi connectivity index (χ0v) is 11.6. The molecule has 0 aliphatic carbocycles. The van der Waals surface area contributed by atoms with Crippen LogP contribution in [0.5, 0.6) is 0 Å². The SMILES string of the molecule is Cc1ccccc1NC(=O)Nc1ccc2c(c1)CC(=O)N2.[HH].[HH].[HH].[HH]. The quantitative estimate of drug-likeness (QED) is 0.778. The predicted octanol–water partition coefficient (Wildman–Crippen LogP) is 4.12. The first kappa shape index (κ1) is 13.2. The smallest absolute Gasteiger partial charge is 0.323 e. The fourth-order valence-electron chi connectivity index (χ4n) is 2.30. The minimum atomic E-state index is -0.304. The van der Waals surface area contributed by atoms with Gasteiger partial charge in [-0.2, -0.15) is 0 Å². The molecule has 0 saturated heterocycles. The molecule has 0 fully saturated rings. The minimum absolute atomic E-state index is 0. The average Bonchev–Trinajstić information content (AvgIpc) is 2.80. The second-order valence-corrected chi connectivity index (χ2v) is 4.99. The Hall–Kier alpha value is -2.82. The molecular weight excluding hydrogens is 266 g/mol. The van der Waals surface area contributed by atoms with Crippen LogP contribution in [0.4, 0.5) is 21.9 Å². The summed E-state index contributed by atoms with van der Waals surface area (Å²) >= 11 is 0. The maximum Gasteiger partial charge on any atom is 0.323 e. The maximum absolute atomic E-state index is 12.0. The highest BCUT2D eigenvalue weighted by atomic mass is 16.2. The van der Waals surface area contributed by atoms with E-state index in [2.05, 4.69) is 16.0 Å². The molecule has 2 aromatic carbocycles. The Bertz CT molecular complexity index is 741. The van der Waals surface area contributed by atoms with E-state index in [0.29, 0.717) is 12.1 Å². The van der Waals surface area contributed by atoms with Gasteiger partial charge in [-0.1, -0.05) is 18.2 Å². The summed E-state index contributed by atoms with van der Waals surface area (Å²) in [6.07, 6.45) is 0.351. The van der Waals surface area contributed by atoms with Gasteiger partial charge in [-0.05, 0) is 42.3 Å². The lowest BCUT2D eigenvalue weighted by atomic mass is 10.1. The number of urea groups is 1. The van der Waals surface area contributed by atoms with E-state index in [0.717, 1.165) is 22.5 Å². The van der Waals surface area contributed by atoms with Gasteiger partial charge >= 0.3 is 6.03 Å². The van der Waals surface area contributed by atoms with Gasteiger partial charge in [-0.25, -0.2) is 4.79 Å². The van der Waals surface area contributed by atoms with E-state index in [4.69, 9.17) is 0 Å². The normalized spacial score (nSPS) is 12.5. The average molecular weight is 289 g/mol. The summed E-state index contributed by atoms with van der Waals surface area (Å²) in [6.45, 7) is 1.93. The maximum atomic E-state index is 12.0. The van der Waals surface area contributed by atoms with Gasteiger partial charge in [0.15, 0.2) is 0 Å². The molecular formula is C16H23N3O2. The molecule has 0 radical (unpaired) electrons. The van der Waals surface area contributed by atoms with E-state index in [9.17, 15) is 9.59 Å². The second-order valence-electron chi connectivity index (χ2n) is 4.99. The topological polar surface area (TPSA) is 70.2 Å². The number of benzene rings is 2. The van der Waals surface area contributed by atoms with E-state index in [1.54, 1.807) is 12.1 Å². The highest BCUT2D eigenvalue weighted by Crippen LogP contribution is 2.26. The summed E-state index contributed by atoms with van der Waals surface area (Å²) in [6, 6.07) is 12.6. The number of carbonyl (C=O) groups excluding carboxylic acids is 2. The number of rotatable bonds is 2. The number of para-hydroxylation sites is 1. The number of nitrogens with one attached hydrogen (secondary N) is 3. The van der Waals surface area contributed by atoms with Gasteiger partial charge in [0.25, 0.3) is 0 Å². The van der Waals surface area contributed by atoms with Crippen LogP contribution in [-0.4, -0.2) is 11.9 Å². The molecule has 1 aliphatic heterocycles. The molecule has 0 spiro atoms. The first-order valence-corrected chi connectivity index (χ1v) is 6.68. The third-order valence-electron chi connectivity index (χ3n) is 3.38. The molecule has 3 amide bonds. The van der Waals surface area contributed by atoms with E-state index in [1.165, 1.54) is 0 Å². The Morgan fingerprint density at radius 1 is 1.19 bits per heavy atom. The number of fused-ring (bicyclic) bond motifs is 1. The van der Waals surface area contributed by atoms with Crippen LogP contribution in [0.25, 0.3) is 0 Å². The van der Waals surface area contributed by atoms with Crippen molar-refractivity contribution in [3.8, 4) is 0 Å². The lowest BCUT2D eigenvalue weighted by molar-refractivity contribution is -0.115. The molecule has 1 aliphatic rings. The molecule has 0 aromatic heterocycles. The van der Waals surface area contributed by atoms with Crippen molar-refractivity contribution < 1.29 is 15.3 Å². The van der Waals surface area contributed by atoms with Crippen molar-refractivity contribution >= 4 is 29.0 Å². The zero-order chi connectivity index (χ0) is 14.8. The molecule has 0 saturated carbocycles. The molecule has 0 atom stereocenters. The fraction of sp³-hybridized carbons (Fsp3) is 0.125. The van der Waals surface area contributed by atoms with E-state index in [-0.39, 0.29) is 17.6 Å². The van der Waals surface area contributed by atoms with Crippen molar-refractivity contribution in [1.29, 1.82) is 0 Å². The summed E-state index contributed by atoms with van der Waals surface area (Å²) in [5, 5.41) is 8.33. The molecule has 3 N–H and O–H groups in total. The van der Waals surface area contributed by atoms with Crippen LogP contribution >= 0.6 is 0 Å². The van der Waals surface area contributed by atoms with Gasteiger partial charge in [-0.15, -0.1) is 0 Å². The molecule has 0 bridgehead atoms. The van der Waals surface area contributed by atoms with Gasteiger partial charge < -0.3 is 16.0 Å². The van der Waals surface area contributed by atoms with Crippen LogP contribution < -0.4 is 16.0 Å². The largest absolute Gasteiger partial charge is 0.326 e. The van der Waals surface area contributed by atoms with E-state index < -0.39 is 0 Å². The second kappa shape index (κ2) is 5.28.